The predicted octanol–water partition coefficient (Wildman–Crippen LogP) is 2.97. The molecule has 3 aliphatic heterocycles. The molecule has 180 valence electrons. The van der Waals surface area contributed by atoms with Crippen molar-refractivity contribution >= 4 is 46.0 Å². The molecule has 4 heterocycles. The van der Waals surface area contributed by atoms with Gasteiger partial charge >= 0.3 is 6.09 Å². The molecular formula is C25H23FN4O4S. The Balaban J connectivity index is 1.09. The number of anilines is 2. The molecular weight excluding hydrogens is 471 g/mol. The molecule has 8 nitrogen and oxygen atoms in total. The lowest BCUT2D eigenvalue weighted by Crippen LogP contribution is -2.38. The van der Waals surface area contributed by atoms with Crippen LogP contribution in [0.2, 0.25) is 0 Å². The summed E-state index contributed by atoms with van der Waals surface area (Å²) in [6.45, 7) is 1.90. The van der Waals surface area contributed by atoms with E-state index in [1.807, 2.05) is 12.1 Å². The van der Waals surface area contributed by atoms with Gasteiger partial charge in [-0.25, -0.2) is 9.18 Å². The molecule has 6 rings (SSSR count). The van der Waals surface area contributed by atoms with Crippen LogP contribution in [0.1, 0.15) is 5.56 Å². The van der Waals surface area contributed by atoms with Crippen LogP contribution in [0.25, 0.3) is 10.9 Å². The number of pyridine rings is 1. The van der Waals surface area contributed by atoms with Gasteiger partial charge in [0, 0.05) is 41.8 Å². The monoisotopic (exact) mass is 494 g/mol. The van der Waals surface area contributed by atoms with Gasteiger partial charge in [0.2, 0.25) is 5.91 Å². The molecule has 35 heavy (non-hydrogen) atoms. The van der Waals surface area contributed by atoms with Crippen LogP contribution in [0.5, 0.6) is 0 Å². The van der Waals surface area contributed by atoms with E-state index in [-0.39, 0.29) is 29.3 Å². The van der Waals surface area contributed by atoms with Crippen molar-refractivity contribution in [2.75, 3.05) is 35.6 Å². The highest BCUT2D eigenvalue weighted by atomic mass is 32.2. The number of benzene rings is 2. The molecule has 0 aliphatic carbocycles. The van der Waals surface area contributed by atoms with E-state index >= 15 is 0 Å². The number of hydrogen-bond donors (Lipinski definition) is 2. The van der Waals surface area contributed by atoms with Gasteiger partial charge in [-0.15, -0.1) is 11.8 Å². The molecule has 3 aliphatic rings. The van der Waals surface area contributed by atoms with E-state index < -0.39 is 6.09 Å². The fourth-order valence-electron chi connectivity index (χ4n) is 5.09. The largest absolute Gasteiger partial charge is 0.443 e. The van der Waals surface area contributed by atoms with Crippen molar-refractivity contribution in [1.82, 2.24) is 9.88 Å². The van der Waals surface area contributed by atoms with Crippen LogP contribution in [-0.2, 0) is 22.5 Å². The Hall–Kier alpha value is -3.37. The Labute approximate surface area is 204 Å². The lowest BCUT2D eigenvalue weighted by Gasteiger charge is -2.27. The molecule has 1 fully saturated rings. The summed E-state index contributed by atoms with van der Waals surface area (Å²) >= 11 is 1.47. The topological polar surface area (TPSA) is 92.7 Å². The van der Waals surface area contributed by atoms with Crippen LogP contribution in [0, 0.1) is 11.7 Å². The summed E-state index contributed by atoms with van der Waals surface area (Å²) in [6.07, 6.45) is -0.241. The first-order valence-electron chi connectivity index (χ1n) is 11.5. The zero-order chi connectivity index (χ0) is 24.1. The molecule has 1 aromatic heterocycles. The second-order valence-electron chi connectivity index (χ2n) is 9.11. The summed E-state index contributed by atoms with van der Waals surface area (Å²) in [4.78, 5) is 39.2. The average molecular weight is 495 g/mol. The molecule has 2 amide bonds. The Morgan fingerprint density at radius 2 is 1.94 bits per heavy atom. The summed E-state index contributed by atoms with van der Waals surface area (Å²) in [6, 6.07) is 12.0. The van der Waals surface area contributed by atoms with Crippen molar-refractivity contribution < 1.29 is 18.7 Å². The number of thioether (sulfide) groups is 1. The maximum atomic E-state index is 14.6. The third kappa shape index (κ3) is 4.06. The van der Waals surface area contributed by atoms with Gasteiger partial charge in [0.1, 0.15) is 11.9 Å². The van der Waals surface area contributed by atoms with Crippen molar-refractivity contribution in [2.45, 2.75) is 24.0 Å². The highest BCUT2D eigenvalue weighted by Crippen LogP contribution is 2.35. The van der Waals surface area contributed by atoms with Gasteiger partial charge < -0.3 is 19.9 Å². The SMILES string of the molecule is O=C1CSc2ccc(N3C[C@@H](CNCC4Cc5c(F)ccc6ccc(=O)n(c56)C4)OC3=O)cc2N1. The second-order valence-corrected chi connectivity index (χ2v) is 10.1. The molecule has 2 aromatic carbocycles. The number of carbonyl (C=O) groups excluding carboxylic acids is 2. The van der Waals surface area contributed by atoms with Gasteiger partial charge in [0.05, 0.1) is 23.5 Å². The molecule has 0 radical (unpaired) electrons. The Bertz CT molecular complexity index is 1420. The van der Waals surface area contributed by atoms with Crippen LogP contribution in [-0.4, -0.2) is 48.1 Å². The molecule has 1 unspecified atom stereocenters. The van der Waals surface area contributed by atoms with Gasteiger partial charge in [0.25, 0.3) is 5.56 Å². The lowest BCUT2D eigenvalue weighted by molar-refractivity contribution is -0.113. The molecule has 0 bridgehead atoms. The third-order valence-corrected chi connectivity index (χ3v) is 7.79. The van der Waals surface area contributed by atoms with Crippen molar-refractivity contribution in [2.24, 2.45) is 5.92 Å². The Morgan fingerprint density at radius 3 is 2.83 bits per heavy atom. The number of nitrogens with zero attached hydrogens (tertiary/aromatic N) is 2. The number of hydrogen-bond acceptors (Lipinski definition) is 6. The summed E-state index contributed by atoms with van der Waals surface area (Å²) in [7, 11) is 0. The standard InChI is InChI=1S/C25H23FN4O4S/c26-19-4-1-15-2-6-23(32)30-11-14(7-18(19)24(15)30)9-27-10-17-12-29(25(33)34-17)16-3-5-21-20(8-16)28-22(31)13-35-21/h1-6,8,14,17,27H,7,9-13H2,(H,28,31)/t14?,17-/m1/s1. The van der Waals surface area contributed by atoms with Crippen molar-refractivity contribution in [3.05, 3.63) is 64.2 Å². The van der Waals surface area contributed by atoms with E-state index in [4.69, 9.17) is 4.74 Å². The smallest absolute Gasteiger partial charge is 0.414 e. The summed E-state index contributed by atoms with van der Waals surface area (Å²) in [5.74, 6) is 0.0724. The first-order valence-corrected chi connectivity index (χ1v) is 12.5. The number of rotatable bonds is 5. The Kier molecular flexibility index (Phi) is 5.49. The Morgan fingerprint density at radius 1 is 1.09 bits per heavy atom. The molecule has 0 saturated carbocycles. The van der Waals surface area contributed by atoms with Crippen molar-refractivity contribution in [3.8, 4) is 0 Å². The van der Waals surface area contributed by atoms with E-state index in [1.165, 1.54) is 23.9 Å². The minimum Gasteiger partial charge on any atom is -0.443 e. The van der Waals surface area contributed by atoms with E-state index in [1.54, 1.807) is 27.7 Å². The van der Waals surface area contributed by atoms with E-state index in [0.717, 1.165) is 10.3 Å². The molecule has 3 aromatic rings. The van der Waals surface area contributed by atoms with Gasteiger partial charge in [-0.2, -0.15) is 0 Å². The fourth-order valence-corrected chi connectivity index (χ4v) is 5.88. The minimum absolute atomic E-state index is 0.0395. The van der Waals surface area contributed by atoms with E-state index in [9.17, 15) is 18.8 Å². The highest BCUT2D eigenvalue weighted by molar-refractivity contribution is 8.00. The van der Waals surface area contributed by atoms with Crippen molar-refractivity contribution in [1.29, 1.82) is 0 Å². The van der Waals surface area contributed by atoms with E-state index in [0.29, 0.717) is 60.8 Å². The number of nitrogens with one attached hydrogen (secondary N) is 2. The van der Waals surface area contributed by atoms with Gasteiger partial charge in [0.15, 0.2) is 0 Å². The summed E-state index contributed by atoms with van der Waals surface area (Å²) < 4.78 is 21.8. The molecule has 2 N–H and O–H groups in total. The fraction of sp³-hybridized carbons (Fsp3) is 0.320. The average Bonchev–Trinajstić information content (AvgIpc) is 3.22. The van der Waals surface area contributed by atoms with Crippen LogP contribution in [0.15, 0.2) is 52.2 Å². The number of cyclic esters (lactones) is 1. The first-order chi connectivity index (χ1) is 17.0. The highest BCUT2D eigenvalue weighted by Gasteiger charge is 2.33. The number of ether oxygens (including phenoxy) is 1. The minimum atomic E-state index is -0.432. The molecule has 0 spiro atoms. The summed E-state index contributed by atoms with van der Waals surface area (Å²) in [5.41, 5.74) is 2.51. The quantitative estimate of drug-likeness (QED) is 0.567. The van der Waals surface area contributed by atoms with E-state index in [2.05, 4.69) is 10.6 Å². The van der Waals surface area contributed by atoms with Gasteiger partial charge in [-0.1, -0.05) is 0 Å². The number of amides is 2. The van der Waals surface area contributed by atoms with Crippen molar-refractivity contribution in [3.63, 3.8) is 0 Å². The second kappa shape index (κ2) is 8.69. The lowest BCUT2D eigenvalue weighted by atomic mass is 9.92. The maximum Gasteiger partial charge on any atom is 0.414 e. The zero-order valence-electron chi connectivity index (χ0n) is 18.8. The molecule has 10 heteroatoms. The third-order valence-electron chi connectivity index (χ3n) is 6.72. The predicted molar refractivity (Wildman–Crippen MR) is 132 cm³/mol. The number of halogens is 1. The van der Waals surface area contributed by atoms with Gasteiger partial charge in [-0.05, 0) is 54.1 Å². The number of fused-ring (bicyclic) bond motifs is 1. The molecule has 2 atom stereocenters. The van der Waals surface area contributed by atoms with Crippen LogP contribution >= 0.6 is 11.8 Å². The van der Waals surface area contributed by atoms with Crippen LogP contribution < -0.4 is 21.1 Å². The van der Waals surface area contributed by atoms with Crippen LogP contribution in [0.4, 0.5) is 20.6 Å². The maximum absolute atomic E-state index is 14.6. The first kappa shape index (κ1) is 22.1. The number of carbonyl (C=O) groups is 2. The molecule has 1 saturated heterocycles. The normalized spacial score (nSPS) is 21.1. The van der Waals surface area contributed by atoms with Gasteiger partial charge in [-0.3, -0.25) is 14.5 Å². The summed E-state index contributed by atoms with van der Waals surface area (Å²) in [5, 5.41) is 7.05. The zero-order valence-corrected chi connectivity index (χ0v) is 19.6. The number of aromatic nitrogens is 1. The van der Waals surface area contributed by atoms with Crippen LogP contribution in [0.3, 0.4) is 0 Å².